The Bertz CT molecular complexity index is 1410. The van der Waals surface area contributed by atoms with Gasteiger partial charge in [0, 0.05) is 26.0 Å². The molecule has 2 saturated heterocycles. The van der Waals surface area contributed by atoms with Crippen molar-refractivity contribution >= 4 is 23.8 Å². The van der Waals surface area contributed by atoms with E-state index in [4.69, 9.17) is 29.4 Å². The number of ketones is 1. The molecule has 3 aliphatic rings. The number of nitrogens with one attached hydrogen (secondary N) is 2. The highest BCUT2D eigenvalue weighted by molar-refractivity contribution is 5.83. The van der Waals surface area contributed by atoms with Crippen LogP contribution >= 0.6 is 0 Å². The third kappa shape index (κ3) is 12.9. The lowest BCUT2D eigenvalue weighted by atomic mass is 9.68. The maximum absolute atomic E-state index is 13.3. The first-order chi connectivity index (χ1) is 25.8. The van der Waals surface area contributed by atoms with E-state index in [1.807, 2.05) is 44.2 Å². The van der Waals surface area contributed by atoms with Gasteiger partial charge in [0.25, 0.3) is 0 Å². The second-order valence-corrected chi connectivity index (χ2v) is 16.2. The molecule has 2 aliphatic heterocycles. The molecule has 1 aromatic rings. The first-order valence-electron chi connectivity index (χ1n) is 19.9. The molecule has 2 heterocycles. The number of allylic oxidation sites excluding steroid dienone is 1. The molecule has 4 N–H and O–H groups in total. The van der Waals surface area contributed by atoms with E-state index >= 15 is 0 Å². The predicted molar refractivity (Wildman–Crippen MR) is 206 cm³/mol. The second-order valence-electron chi connectivity index (χ2n) is 16.2. The zero-order valence-electron chi connectivity index (χ0n) is 33.4. The van der Waals surface area contributed by atoms with Crippen molar-refractivity contribution in [1.29, 1.82) is 0 Å². The van der Waals surface area contributed by atoms with Crippen molar-refractivity contribution in [3.8, 4) is 0 Å². The van der Waals surface area contributed by atoms with Gasteiger partial charge in [0.15, 0.2) is 0 Å². The van der Waals surface area contributed by atoms with Crippen LogP contribution in [0.1, 0.15) is 104 Å². The van der Waals surface area contributed by atoms with Crippen molar-refractivity contribution in [2.75, 3.05) is 33.4 Å². The van der Waals surface area contributed by atoms with Gasteiger partial charge in [-0.1, -0.05) is 75.1 Å². The van der Waals surface area contributed by atoms with E-state index in [1.165, 1.54) is 5.57 Å². The van der Waals surface area contributed by atoms with Gasteiger partial charge in [-0.2, -0.15) is 0 Å². The summed E-state index contributed by atoms with van der Waals surface area (Å²) >= 11 is 0. The van der Waals surface area contributed by atoms with Crippen molar-refractivity contribution in [3.05, 3.63) is 47.5 Å². The summed E-state index contributed by atoms with van der Waals surface area (Å²) in [6, 6.07) is 8.99. The van der Waals surface area contributed by atoms with Gasteiger partial charge in [-0.3, -0.25) is 19.7 Å². The lowest BCUT2D eigenvalue weighted by Crippen LogP contribution is -2.55. The number of benzene rings is 1. The molecule has 12 nitrogen and oxygen atoms in total. The molecule has 0 aromatic heterocycles. The number of primary amides is 1. The molecule has 8 atom stereocenters. The first kappa shape index (κ1) is 43.4. The zero-order valence-corrected chi connectivity index (χ0v) is 33.4. The maximum Gasteiger partial charge on any atom is 0.407 e. The molecule has 2 amide bonds. The number of rotatable bonds is 24. The van der Waals surface area contributed by atoms with Crippen molar-refractivity contribution in [1.82, 2.24) is 10.6 Å². The van der Waals surface area contributed by atoms with Crippen molar-refractivity contribution < 1.29 is 42.9 Å². The number of epoxide rings is 2. The minimum Gasteiger partial charge on any atom is -0.460 e. The Morgan fingerprint density at radius 3 is 2.41 bits per heavy atom. The summed E-state index contributed by atoms with van der Waals surface area (Å²) in [6.45, 7) is 11.7. The number of Topliss-reactive ketones (excluding diaryl/α,β-unsaturated/α-hetero) is 1. The molecule has 1 aromatic carbocycles. The molecule has 4 unspecified atom stereocenters. The fraction of sp³-hybridized carbons (Fsp3) is 0.714. The Balaban J connectivity index is 1.08. The number of esters is 1. The largest absolute Gasteiger partial charge is 0.460 e. The fourth-order valence-electron chi connectivity index (χ4n) is 7.84. The number of carbonyl (C=O) groups is 4. The number of hydrogen-bond acceptors (Lipinski definition) is 10. The molecule has 0 bridgehead atoms. The molecule has 12 heteroatoms. The topological polar surface area (TPSA) is 171 Å². The Labute approximate surface area is 322 Å². The third-order valence-corrected chi connectivity index (χ3v) is 11.4. The average Bonchev–Trinajstić information content (AvgIpc) is 4.05. The Morgan fingerprint density at radius 1 is 1.06 bits per heavy atom. The molecule has 1 spiro atoms. The number of hydrogen-bond donors (Lipinski definition) is 3. The van der Waals surface area contributed by atoms with Crippen LogP contribution in [0, 0.1) is 17.8 Å². The van der Waals surface area contributed by atoms with Gasteiger partial charge < -0.3 is 34.7 Å². The predicted octanol–water partition coefficient (Wildman–Crippen LogP) is 5.59. The highest BCUT2D eigenvalue weighted by atomic mass is 16.6. The number of amides is 2. The minimum absolute atomic E-state index is 0.0450. The van der Waals surface area contributed by atoms with Crippen LogP contribution in [-0.2, 0) is 44.5 Å². The zero-order chi connectivity index (χ0) is 39.3. The molecule has 3 fully saturated rings. The van der Waals surface area contributed by atoms with Crippen LogP contribution in [0.2, 0.25) is 0 Å². The van der Waals surface area contributed by atoms with E-state index < -0.39 is 29.7 Å². The summed E-state index contributed by atoms with van der Waals surface area (Å²) in [6.07, 6.45) is 8.62. The summed E-state index contributed by atoms with van der Waals surface area (Å²) in [5, 5.41) is 5.81. The summed E-state index contributed by atoms with van der Waals surface area (Å²) in [7, 11) is 1.67. The van der Waals surface area contributed by atoms with Gasteiger partial charge in [0.05, 0.1) is 44.2 Å². The smallest absolute Gasteiger partial charge is 0.407 e. The molecule has 54 heavy (non-hydrogen) atoms. The fourth-order valence-corrected chi connectivity index (χ4v) is 7.84. The standard InChI is InChI=1S/C42H65N3O9/c1-28(2)18-19-35-41(5,54-35)38-37(50-6)34(20-21-42(38)27-52-42)53-36(47)24-31(29(3)4)26-51-40(49)44-22-14-9-7-8-13-17-32(46)25-45-33(39(43)48)23-30-15-11-10-12-16-30/h10-12,15-16,18,29,31,33-35,37-38,45H,7-9,13-14,17,19-27H2,1-6H3,(H2,43,48)(H,44,49)/t31-,33-,34?,35+,37?,38?,41?,42-/m0/s1. The maximum atomic E-state index is 13.3. The number of carbonyl (C=O) groups excluding carboxylic acids is 4. The molecular weight excluding hydrogens is 690 g/mol. The van der Waals surface area contributed by atoms with Crippen molar-refractivity contribution in [2.45, 2.75) is 141 Å². The van der Waals surface area contributed by atoms with Gasteiger partial charge in [0.1, 0.15) is 29.2 Å². The lowest BCUT2D eigenvalue weighted by molar-refractivity contribution is -0.173. The molecule has 0 radical (unpaired) electrons. The van der Waals surface area contributed by atoms with Gasteiger partial charge in [-0.05, 0) is 70.8 Å². The SMILES string of the molecule is COC1C(OC(=O)C[C@@H](COC(=O)NCCCCCCCC(=O)CN[C@@H](Cc2ccccc2)C(N)=O)C(C)C)CC[C@]2(CO2)C1C1(C)O[C@@H]1CC=C(C)C. The van der Waals surface area contributed by atoms with Crippen molar-refractivity contribution in [2.24, 2.45) is 23.5 Å². The highest BCUT2D eigenvalue weighted by Gasteiger charge is 2.72. The summed E-state index contributed by atoms with van der Waals surface area (Å²) in [5.74, 6) is -0.882. The third-order valence-electron chi connectivity index (χ3n) is 11.4. The summed E-state index contributed by atoms with van der Waals surface area (Å²) in [4.78, 5) is 49.9. The van der Waals surface area contributed by atoms with E-state index in [0.29, 0.717) is 32.4 Å². The van der Waals surface area contributed by atoms with Crippen LogP contribution in [0.4, 0.5) is 4.79 Å². The average molecular weight is 756 g/mol. The van der Waals surface area contributed by atoms with Crippen LogP contribution in [0.3, 0.4) is 0 Å². The summed E-state index contributed by atoms with van der Waals surface area (Å²) in [5.41, 5.74) is 7.07. The number of nitrogens with two attached hydrogens (primary N) is 1. The molecule has 1 saturated carbocycles. The highest BCUT2D eigenvalue weighted by Crippen LogP contribution is 2.59. The quantitative estimate of drug-likeness (QED) is 0.0523. The van der Waals surface area contributed by atoms with E-state index in [0.717, 1.165) is 50.5 Å². The number of unbranched alkanes of at least 4 members (excludes halogenated alkanes) is 4. The van der Waals surface area contributed by atoms with Crippen LogP contribution in [-0.4, -0.2) is 92.7 Å². The van der Waals surface area contributed by atoms with E-state index in [1.54, 1.807) is 7.11 Å². The van der Waals surface area contributed by atoms with E-state index in [2.05, 4.69) is 37.5 Å². The van der Waals surface area contributed by atoms with Crippen LogP contribution in [0.15, 0.2) is 42.0 Å². The van der Waals surface area contributed by atoms with Crippen LogP contribution in [0.25, 0.3) is 0 Å². The summed E-state index contributed by atoms with van der Waals surface area (Å²) < 4.78 is 29.9. The first-order valence-corrected chi connectivity index (χ1v) is 19.9. The Hall–Kier alpha value is -3.32. The number of ether oxygens (including phenoxy) is 5. The van der Waals surface area contributed by atoms with Gasteiger partial charge in [0.2, 0.25) is 5.91 Å². The van der Waals surface area contributed by atoms with Crippen LogP contribution < -0.4 is 16.4 Å². The van der Waals surface area contributed by atoms with Crippen molar-refractivity contribution in [3.63, 3.8) is 0 Å². The molecule has 4 rings (SSSR count). The molecule has 302 valence electrons. The number of alkyl carbamates (subject to hydrolysis) is 1. The lowest BCUT2D eigenvalue weighted by Gasteiger charge is -2.42. The van der Waals surface area contributed by atoms with Gasteiger partial charge in [-0.25, -0.2) is 4.79 Å². The molecular formula is C42H65N3O9. The van der Waals surface area contributed by atoms with Crippen LogP contribution in [0.5, 0.6) is 0 Å². The van der Waals surface area contributed by atoms with Gasteiger partial charge >= 0.3 is 12.1 Å². The molecule has 1 aliphatic carbocycles. The monoisotopic (exact) mass is 755 g/mol. The van der Waals surface area contributed by atoms with Gasteiger partial charge in [-0.15, -0.1) is 0 Å². The van der Waals surface area contributed by atoms with E-state index in [9.17, 15) is 19.2 Å². The normalized spacial score (nSPS) is 26.8. The Kier molecular flexibility index (Phi) is 16.5. The number of methoxy groups -OCH3 is 1. The second kappa shape index (κ2) is 20.6. The van der Waals surface area contributed by atoms with E-state index in [-0.39, 0.29) is 66.9 Å². The Morgan fingerprint density at radius 2 is 1.76 bits per heavy atom. The minimum atomic E-state index is -0.587.